The lowest BCUT2D eigenvalue weighted by Gasteiger charge is -2.10. The first-order valence-electron chi connectivity index (χ1n) is 9.20. The summed E-state index contributed by atoms with van der Waals surface area (Å²) in [5.74, 6) is 1.66. The van der Waals surface area contributed by atoms with E-state index in [1.54, 1.807) is 20.1 Å². The normalized spacial score (nSPS) is 10.4. The molecule has 3 aromatic rings. The highest BCUT2D eigenvalue weighted by atomic mass is 16.5. The maximum Gasteiger partial charge on any atom is 0.270 e. The fourth-order valence-corrected chi connectivity index (χ4v) is 2.74. The fraction of sp³-hybridized carbons (Fsp3) is 0.227. The van der Waals surface area contributed by atoms with Gasteiger partial charge in [0, 0.05) is 18.3 Å². The Kier molecular flexibility index (Phi) is 6.22. The number of hydrogen-bond donors (Lipinski definition) is 2. The third-order valence-electron chi connectivity index (χ3n) is 4.32. The first kappa shape index (κ1) is 19.4. The Balaban J connectivity index is 1.67. The van der Waals surface area contributed by atoms with Crippen molar-refractivity contribution >= 4 is 17.4 Å². The Labute approximate surface area is 165 Å². The summed E-state index contributed by atoms with van der Waals surface area (Å²) < 4.78 is 5.14. The number of aromatic nitrogens is 2. The van der Waals surface area contributed by atoms with Crippen molar-refractivity contribution in [2.24, 2.45) is 0 Å². The van der Waals surface area contributed by atoms with Crippen LogP contribution in [0.2, 0.25) is 0 Å². The summed E-state index contributed by atoms with van der Waals surface area (Å²) in [5, 5.41) is 6.12. The van der Waals surface area contributed by atoms with E-state index in [-0.39, 0.29) is 5.91 Å². The Hall–Kier alpha value is -3.41. The molecule has 0 unspecified atom stereocenters. The zero-order valence-electron chi connectivity index (χ0n) is 16.3. The molecule has 1 heterocycles. The molecule has 0 aliphatic carbocycles. The minimum atomic E-state index is -0.245. The SMILES string of the molecule is CCc1ccc(Nc2cc(C(=O)NCc3ccc(OC)cc3)nc(C)n2)cc1. The molecule has 1 aromatic heterocycles. The predicted octanol–water partition coefficient (Wildman–Crippen LogP) is 4.03. The van der Waals surface area contributed by atoms with Crippen LogP contribution in [0.3, 0.4) is 0 Å². The molecule has 0 fully saturated rings. The van der Waals surface area contributed by atoms with Crippen molar-refractivity contribution in [3.05, 3.63) is 77.2 Å². The van der Waals surface area contributed by atoms with Crippen LogP contribution in [0.5, 0.6) is 5.75 Å². The molecule has 1 amide bonds. The van der Waals surface area contributed by atoms with Crippen molar-refractivity contribution in [1.29, 1.82) is 0 Å². The lowest BCUT2D eigenvalue weighted by molar-refractivity contribution is 0.0945. The van der Waals surface area contributed by atoms with Gasteiger partial charge < -0.3 is 15.4 Å². The van der Waals surface area contributed by atoms with Gasteiger partial charge in [0.2, 0.25) is 0 Å². The number of nitrogens with one attached hydrogen (secondary N) is 2. The third-order valence-corrected chi connectivity index (χ3v) is 4.32. The number of carbonyl (C=O) groups excluding carboxylic acids is 1. The number of anilines is 2. The number of rotatable bonds is 7. The number of amides is 1. The van der Waals surface area contributed by atoms with Gasteiger partial charge in [0.15, 0.2) is 0 Å². The number of carbonyl (C=O) groups is 1. The summed E-state index contributed by atoms with van der Waals surface area (Å²) >= 11 is 0. The number of benzene rings is 2. The minimum absolute atomic E-state index is 0.245. The van der Waals surface area contributed by atoms with E-state index < -0.39 is 0 Å². The van der Waals surface area contributed by atoms with Crippen LogP contribution < -0.4 is 15.4 Å². The van der Waals surface area contributed by atoms with E-state index >= 15 is 0 Å². The van der Waals surface area contributed by atoms with Gasteiger partial charge in [-0.1, -0.05) is 31.2 Å². The maximum absolute atomic E-state index is 12.5. The molecule has 0 atom stereocenters. The van der Waals surface area contributed by atoms with Crippen LogP contribution in [0.15, 0.2) is 54.6 Å². The van der Waals surface area contributed by atoms with Crippen LogP contribution in [0, 0.1) is 6.92 Å². The minimum Gasteiger partial charge on any atom is -0.497 e. The number of methoxy groups -OCH3 is 1. The van der Waals surface area contributed by atoms with Gasteiger partial charge in [-0.15, -0.1) is 0 Å². The zero-order valence-corrected chi connectivity index (χ0v) is 16.3. The second kappa shape index (κ2) is 8.99. The molecule has 6 heteroatoms. The maximum atomic E-state index is 12.5. The lowest BCUT2D eigenvalue weighted by atomic mass is 10.1. The third kappa shape index (κ3) is 5.07. The van der Waals surface area contributed by atoms with E-state index in [1.165, 1.54) is 5.56 Å². The topological polar surface area (TPSA) is 76.1 Å². The molecule has 2 N–H and O–H groups in total. The average Bonchev–Trinajstić information content (AvgIpc) is 2.72. The van der Waals surface area contributed by atoms with E-state index in [4.69, 9.17) is 4.74 Å². The van der Waals surface area contributed by atoms with Gasteiger partial charge in [-0.3, -0.25) is 4.79 Å². The highest BCUT2D eigenvalue weighted by Gasteiger charge is 2.11. The molecule has 0 aliphatic heterocycles. The van der Waals surface area contributed by atoms with Crippen LogP contribution in [-0.2, 0) is 13.0 Å². The summed E-state index contributed by atoms with van der Waals surface area (Å²) in [6, 6.07) is 17.3. The van der Waals surface area contributed by atoms with Gasteiger partial charge in [-0.2, -0.15) is 0 Å². The van der Waals surface area contributed by atoms with E-state index in [0.29, 0.717) is 23.9 Å². The number of hydrogen-bond acceptors (Lipinski definition) is 5. The van der Waals surface area contributed by atoms with Crippen molar-refractivity contribution in [1.82, 2.24) is 15.3 Å². The molecular formula is C22H24N4O2. The highest BCUT2D eigenvalue weighted by molar-refractivity contribution is 5.93. The van der Waals surface area contributed by atoms with E-state index in [0.717, 1.165) is 23.4 Å². The van der Waals surface area contributed by atoms with E-state index in [2.05, 4.69) is 39.7 Å². The van der Waals surface area contributed by atoms with Crippen LogP contribution >= 0.6 is 0 Å². The Morgan fingerprint density at radius 3 is 2.32 bits per heavy atom. The first-order chi connectivity index (χ1) is 13.6. The molecule has 3 rings (SSSR count). The fourth-order valence-electron chi connectivity index (χ4n) is 2.74. The molecule has 2 aromatic carbocycles. The Morgan fingerprint density at radius 2 is 1.68 bits per heavy atom. The van der Waals surface area contributed by atoms with Crippen LogP contribution in [-0.4, -0.2) is 23.0 Å². The summed E-state index contributed by atoms with van der Waals surface area (Å²) in [6.45, 7) is 4.30. The molecular weight excluding hydrogens is 352 g/mol. The average molecular weight is 376 g/mol. The zero-order chi connectivity index (χ0) is 19.9. The van der Waals surface area contributed by atoms with E-state index in [1.807, 2.05) is 36.4 Å². The summed E-state index contributed by atoms with van der Waals surface area (Å²) in [7, 11) is 1.62. The molecule has 0 saturated heterocycles. The number of nitrogens with zero attached hydrogens (tertiary/aromatic N) is 2. The molecule has 6 nitrogen and oxygen atoms in total. The van der Waals surface area contributed by atoms with Crippen LogP contribution in [0.1, 0.15) is 34.4 Å². The standard InChI is InChI=1S/C22H24N4O2/c1-4-16-5-9-18(10-6-16)26-21-13-20(24-15(2)25-21)22(27)23-14-17-7-11-19(28-3)12-8-17/h5-13H,4,14H2,1-3H3,(H,23,27)(H,24,25,26). The number of ether oxygens (including phenoxy) is 1. The second-order valence-electron chi connectivity index (χ2n) is 6.39. The van der Waals surface area contributed by atoms with Crippen molar-refractivity contribution < 1.29 is 9.53 Å². The van der Waals surface area contributed by atoms with Gasteiger partial charge in [0.05, 0.1) is 7.11 Å². The van der Waals surface area contributed by atoms with Crippen LogP contribution in [0.25, 0.3) is 0 Å². The van der Waals surface area contributed by atoms with Gasteiger partial charge in [0.25, 0.3) is 5.91 Å². The van der Waals surface area contributed by atoms with Crippen molar-refractivity contribution in [2.45, 2.75) is 26.8 Å². The molecule has 0 saturated carbocycles. The molecule has 0 spiro atoms. The molecule has 0 aliphatic rings. The quantitative estimate of drug-likeness (QED) is 0.651. The predicted molar refractivity (Wildman–Crippen MR) is 110 cm³/mol. The Morgan fingerprint density at radius 1 is 1.00 bits per heavy atom. The highest BCUT2D eigenvalue weighted by Crippen LogP contribution is 2.17. The van der Waals surface area contributed by atoms with Gasteiger partial charge in [0.1, 0.15) is 23.1 Å². The van der Waals surface area contributed by atoms with Gasteiger partial charge >= 0.3 is 0 Å². The first-order valence-corrected chi connectivity index (χ1v) is 9.20. The molecule has 28 heavy (non-hydrogen) atoms. The van der Waals surface area contributed by atoms with Crippen molar-refractivity contribution in [3.63, 3.8) is 0 Å². The monoisotopic (exact) mass is 376 g/mol. The largest absolute Gasteiger partial charge is 0.497 e. The Bertz CT molecular complexity index is 938. The summed E-state index contributed by atoms with van der Waals surface area (Å²) in [5.41, 5.74) is 3.49. The molecule has 144 valence electrons. The number of aryl methyl sites for hydroxylation is 2. The second-order valence-corrected chi connectivity index (χ2v) is 6.39. The molecule has 0 radical (unpaired) electrons. The van der Waals surface area contributed by atoms with Gasteiger partial charge in [-0.25, -0.2) is 9.97 Å². The lowest BCUT2D eigenvalue weighted by Crippen LogP contribution is -2.24. The van der Waals surface area contributed by atoms with E-state index in [9.17, 15) is 4.79 Å². The van der Waals surface area contributed by atoms with Gasteiger partial charge in [-0.05, 0) is 48.7 Å². The van der Waals surface area contributed by atoms with Crippen molar-refractivity contribution in [2.75, 3.05) is 12.4 Å². The smallest absolute Gasteiger partial charge is 0.270 e. The molecule has 0 bridgehead atoms. The summed E-state index contributed by atoms with van der Waals surface area (Å²) in [4.78, 5) is 21.2. The summed E-state index contributed by atoms with van der Waals surface area (Å²) in [6.07, 6.45) is 0.991. The van der Waals surface area contributed by atoms with Crippen molar-refractivity contribution in [3.8, 4) is 5.75 Å². The van der Waals surface area contributed by atoms with Crippen LogP contribution in [0.4, 0.5) is 11.5 Å².